The molecule has 1 unspecified atom stereocenters. The molecule has 0 aromatic heterocycles. The van der Waals surface area contributed by atoms with Crippen LogP contribution in [-0.2, 0) is 0 Å². The van der Waals surface area contributed by atoms with Crippen molar-refractivity contribution < 1.29 is 5.11 Å². The number of aliphatic hydroxyl groups excluding tert-OH is 1. The summed E-state index contributed by atoms with van der Waals surface area (Å²) in [6.45, 7) is 4.26. The molecule has 1 nitrogen and oxygen atoms in total. The Hall–Kier alpha value is -0.480. The lowest BCUT2D eigenvalue weighted by molar-refractivity contribution is 0.266. The predicted octanol–water partition coefficient (Wildman–Crippen LogP) is 1.81. The van der Waals surface area contributed by atoms with Gasteiger partial charge in [-0.25, -0.2) is 0 Å². The molecule has 1 atom stereocenters. The Morgan fingerprint density at radius 1 is 1.50 bits per heavy atom. The molecule has 10 heavy (non-hydrogen) atoms. The van der Waals surface area contributed by atoms with E-state index in [0.29, 0.717) is 0 Å². The highest BCUT2D eigenvalue weighted by atomic mass is 16.3. The molecule has 0 heterocycles. The van der Waals surface area contributed by atoms with Crippen LogP contribution in [0.2, 0.25) is 0 Å². The molecule has 0 radical (unpaired) electrons. The van der Waals surface area contributed by atoms with Gasteiger partial charge in [-0.3, -0.25) is 0 Å². The number of rotatable bonds is 3. The molecule has 0 saturated carbocycles. The first-order chi connectivity index (χ1) is 4.81. The molecule has 0 fully saturated rings. The van der Waals surface area contributed by atoms with E-state index in [4.69, 9.17) is 5.11 Å². The maximum absolute atomic E-state index is 8.59. The standard InChI is InChI=1S/C9H16O/c1-3-4-5-6-7-9(2)8-10/h9-10H,3-5,8H2,1-2H3. The summed E-state index contributed by atoms with van der Waals surface area (Å²) in [5, 5.41) is 8.59. The molecule has 0 aliphatic carbocycles. The van der Waals surface area contributed by atoms with E-state index in [1.165, 1.54) is 12.8 Å². The van der Waals surface area contributed by atoms with Crippen molar-refractivity contribution in [2.45, 2.75) is 33.1 Å². The third-order valence-corrected chi connectivity index (χ3v) is 1.28. The van der Waals surface area contributed by atoms with Crippen LogP contribution in [0.1, 0.15) is 33.1 Å². The van der Waals surface area contributed by atoms with Gasteiger partial charge in [-0.1, -0.05) is 19.3 Å². The van der Waals surface area contributed by atoms with Crippen molar-refractivity contribution in [3.8, 4) is 11.8 Å². The minimum absolute atomic E-state index is 0.150. The Balaban J connectivity index is 3.29. The molecule has 0 aromatic rings. The molecule has 1 heteroatoms. The zero-order chi connectivity index (χ0) is 7.82. The fraction of sp³-hybridized carbons (Fsp3) is 0.778. The topological polar surface area (TPSA) is 20.2 Å². The van der Waals surface area contributed by atoms with Crippen LogP contribution in [0.25, 0.3) is 0 Å². The maximum Gasteiger partial charge on any atom is 0.0566 e. The largest absolute Gasteiger partial charge is 0.395 e. The average molecular weight is 140 g/mol. The number of hydrogen-bond acceptors (Lipinski definition) is 1. The third kappa shape index (κ3) is 5.65. The summed E-state index contributed by atoms with van der Waals surface area (Å²) in [5.74, 6) is 6.14. The van der Waals surface area contributed by atoms with Gasteiger partial charge in [-0.2, -0.15) is 0 Å². The second-order valence-electron chi connectivity index (χ2n) is 2.51. The van der Waals surface area contributed by atoms with Crippen LogP contribution in [0.5, 0.6) is 0 Å². The maximum atomic E-state index is 8.59. The van der Waals surface area contributed by atoms with Crippen LogP contribution in [0.4, 0.5) is 0 Å². The summed E-state index contributed by atoms with van der Waals surface area (Å²) in [4.78, 5) is 0. The summed E-state index contributed by atoms with van der Waals surface area (Å²) in [6.07, 6.45) is 3.34. The summed E-state index contributed by atoms with van der Waals surface area (Å²) in [5.41, 5.74) is 0. The summed E-state index contributed by atoms with van der Waals surface area (Å²) in [7, 11) is 0. The SMILES string of the molecule is CCCCC#CC(C)CO. The Morgan fingerprint density at radius 2 is 2.20 bits per heavy atom. The summed E-state index contributed by atoms with van der Waals surface area (Å²) in [6, 6.07) is 0. The highest BCUT2D eigenvalue weighted by Crippen LogP contribution is 1.93. The molecule has 0 aliphatic heterocycles. The van der Waals surface area contributed by atoms with Gasteiger partial charge in [0.15, 0.2) is 0 Å². The Kier molecular flexibility index (Phi) is 6.32. The Morgan fingerprint density at radius 3 is 2.70 bits per heavy atom. The molecule has 0 spiro atoms. The first-order valence-electron chi connectivity index (χ1n) is 3.90. The first-order valence-corrected chi connectivity index (χ1v) is 3.90. The van der Waals surface area contributed by atoms with Crippen LogP contribution in [0.15, 0.2) is 0 Å². The first kappa shape index (κ1) is 9.52. The van der Waals surface area contributed by atoms with E-state index in [1.807, 2.05) is 6.92 Å². The molecular weight excluding hydrogens is 124 g/mol. The molecular formula is C9H16O. The van der Waals surface area contributed by atoms with Gasteiger partial charge in [-0.05, 0) is 13.3 Å². The van der Waals surface area contributed by atoms with Gasteiger partial charge in [0.2, 0.25) is 0 Å². The highest BCUT2D eigenvalue weighted by molar-refractivity contribution is 5.02. The predicted molar refractivity (Wildman–Crippen MR) is 43.6 cm³/mol. The molecule has 1 N–H and O–H groups in total. The molecule has 0 rings (SSSR count). The van der Waals surface area contributed by atoms with Crippen LogP contribution >= 0.6 is 0 Å². The van der Waals surface area contributed by atoms with Gasteiger partial charge in [0.25, 0.3) is 0 Å². The van der Waals surface area contributed by atoms with E-state index in [2.05, 4.69) is 18.8 Å². The fourth-order valence-corrected chi connectivity index (χ4v) is 0.557. The van der Waals surface area contributed by atoms with E-state index < -0.39 is 0 Å². The zero-order valence-corrected chi connectivity index (χ0v) is 6.85. The molecule has 0 bridgehead atoms. The smallest absolute Gasteiger partial charge is 0.0566 e. The second kappa shape index (κ2) is 6.64. The minimum atomic E-state index is 0.150. The van der Waals surface area contributed by atoms with Gasteiger partial charge in [-0.15, -0.1) is 5.92 Å². The van der Waals surface area contributed by atoms with Crippen molar-refractivity contribution in [1.82, 2.24) is 0 Å². The fourth-order valence-electron chi connectivity index (χ4n) is 0.557. The van der Waals surface area contributed by atoms with Crippen molar-refractivity contribution in [3.05, 3.63) is 0 Å². The van der Waals surface area contributed by atoms with Crippen LogP contribution in [0, 0.1) is 17.8 Å². The summed E-state index contributed by atoms with van der Waals surface area (Å²) >= 11 is 0. The van der Waals surface area contributed by atoms with Gasteiger partial charge in [0.1, 0.15) is 0 Å². The average Bonchev–Trinajstić information content (AvgIpc) is 1.98. The number of aliphatic hydroxyl groups is 1. The Bertz CT molecular complexity index is 118. The van der Waals surface area contributed by atoms with Crippen molar-refractivity contribution >= 4 is 0 Å². The van der Waals surface area contributed by atoms with Crippen molar-refractivity contribution in [2.24, 2.45) is 5.92 Å². The molecule has 0 aliphatic rings. The van der Waals surface area contributed by atoms with E-state index in [-0.39, 0.29) is 12.5 Å². The lowest BCUT2D eigenvalue weighted by Gasteiger charge is -1.93. The molecule has 0 saturated heterocycles. The molecule has 58 valence electrons. The lowest BCUT2D eigenvalue weighted by Crippen LogP contribution is -1.95. The summed E-state index contributed by atoms with van der Waals surface area (Å²) < 4.78 is 0. The quantitative estimate of drug-likeness (QED) is 0.468. The van der Waals surface area contributed by atoms with Crippen LogP contribution in [0.3, 0.4) is 0 Å². The van der Waals surface area contributed by atoms with Gasteiger partial charge < -0.3 is 5.11 Å². The van der Waals surface area contributed by atoms with Crippen molar-refractivity contribution in [1.29, 1.82) is 0 Å². The third-order valence-electron chi connectivity index (χ3n) is 1.28. The van der Waals surface area contributed by atoms with Crippen LogP contribution in [-0.4, -0.2) is 11.7 Å². The lowest BCUT2D eigenvalue weighted by atomic mass is 10.2. The van der Waals surface area contributed by atoms with E-state index >= 15 is 0 Å². The van der Waals surface area contributed by atoms with Gasteiger partial charge >= 0.3 is 0 Å². The van der Waals surface area contributed by atoms with E-state index in [9.17, 15) is 0 Å². The van der Waals surface area contributed by atoms with E-state index in [1.54, 1.807) is 0 Å². The number of hydrogen-bond donors (Lipinski definition) is 1. The monoisotopic (exact) mass is 140 g/mol. The van der Waals surface area contributed by atoms with Crippen LogP contribution < -0.4 is 0 Å². The Labute approximate surface area is 63.5 Å². The second-order valence-corrected chi connectivity index (χ2v) is 2.51. The zero-order valence-electron chi connectivity index (χ0n) is 6.85. The van der Waals surface area contributed by atoms with Crippen molar-refractivity contribution in [3.63, 3.8) is 0 Å². The highest BCUT2D eigenvalue weighted by Gasteiger charge is 1.89. The molecule has 0 aromatic carbocycles. The normalized spacial score (nSPS) is 11.9. The molecule has 0 amide bonds. The van der Waals surface area contributed by atoms with Gasteiger partial charge in [0, 0.05) is 12.3 Å². The number of unbranched alkanes of at least 4 members (excludes halogenated alkanes) is 2. The minimum Gasteiger partial charge on any atom is -0.395 e. The van der Waals surface area contributed by atoms with E-state index in [0.717, 1.165) is 6.42 Å². The van der Waals surface area contributed by atoms with Gasteiger partial charge in [0.05, 0.1) is 6.61 Å². The van der Waals surface area contributed by atoms with Crippen molar-refractivity contribution in [2.75, 3.05) is 6.61 Å².